The van der Waals surface area contributed by atoms with Gasteiger partial charge >= 0.3 is 0 Å². The highest BCUT2D eigenvalue weighted by Gasteiger charge is 2.25. The normalized spacial score (nSPS) is 12.9. The van der Waals surface area contributed by atoms with Crippen LogP contribution in [-0.2, 0) is 0 Å². The van der Waals surface area contributed by atoms with Crippen molar-refractivity contribution < 1.29 is 4.57 Å². The molecule has 2 atom stereocenters. The first-order chi connectivity index (χ1) is 27.2. The lowest BCUT2D eigenvalue weighted by atomic mass is 9.92. The fourth-order valence-electron chi connectivity index (χ4n) is 9.26. The van der Waals surface area contributed by atoms with Crippen molar-refractivity contribution in [3.63, 3.8) is 0 Å². The Morgan fingerprint density at radius 3 is 0.855 bits per heavy atom. The maximum absolute atomic E-state index is 3.80. The average molecular weight is 770 g/mol. The summed E-state index contributed by atoms with van der Waals surface area (Å²) in [6.45, 7) is 9.45. The van der Waals surface area contributed by atoms with Crippen molar-refractivity contribution in [2.75, 3.05) is 0 Å². The van der Waals surface area contributed by atoms with Crippen LogP contribution in [0.3, 0.4) is 0 Å². The van der Waals surface area contributed by atoms with Crippen molar-refractivity contribution in [2.45, 2.75) is 322 Å². The van der Waals surface area contributed by atoms with E-state index < -0.39 is 0 Å². The molecule has 0 bridgehead atoms. The molecule has 1 heterocycles. The molecule has 0 spiro atoms. The highest BCUT2D eigenvalue weighted by molar-refractivity contribution is 4.90. The van der Waals surface area contributed by atoms with Crippen LogP contribution in [0.4, 0.5) is 0 Å². The summed E-state index contributed by atoms with van der Waals surface area (Å²) < 4.78 is 2.67. The Kier molecular flexibility index (Phi) is 40.6. The van der Waals surface area contributed by atoms with Gasteiger partial charge in [-0.3, -0.25) is 0 Å². The quantitative estimate of drug-likeness (QED) is 0.0503. The number of imidazole rings is 1. The topological polar surface area (TPSA) is 19.7 Å². The summed E-state index contributed by atoms with van der Waals surface area (Å²) in [6, 6.07) is 0.615. The fourth-order valence-corrected chi connectivity index (χ4v) is 9.26. The lowest BCUT2D eigenvalue weighted by molar-refractivity contribution is -0.727. The molecule has 0 saturated carbocycles. The van der Waals surface area contributed by atoms with Gasteiger partial charge in [0.15, 0.2) is 0 Å². The van der Waals surface area contributed by atoms with Crippen LogP contribution >= 0.6 is 0 Å². The Labute approximate surface area is 348 Å². The number of aromatic nitrogens is 2. The Morgan fingerprint density at radius 2 is 0.582 bits per heavy atom. The van der Waals surface area contributed by atoms with E-state index in [2.05, 4.69) is 49.6 Å². The molecule has 1 aromatic rings. The molecule has 0 amide bonds. The van der Waals surface area contributed by atoms with Crippen LogP contribution in [0.2, 0.25) is 0 Å². The van der Waals surface area contributed by atoms with Crippen molar-refractivity contribution in [3.05, 3.63) is 18.2 Å². The van der Waals surface area contributed by atoms with E-state index in [1.165, 1.54) is 283 Å². The zero-order valence-electron chi connectivity index (χ0n) is 38.9. The van der Waals surface area contributed by atoms with Gasteiger partial charge < -0.3 is 0 Å². The van der Waals surface area contributed by atoms with Crippen LogP contribution in [0.5, 0.6) is 0 Å². The highest BCUT2D eigenvalue weighted by atomic mass is 15.1. The lowest BCUT2D eigenvalue weighted by Gasteiger charge is -2.17. The van der Waals surface area contributed by atoms with Crippen molar-refractivity contribution in [1.82, 2.24) is 4.98 Å². The molecule has 0 radical (unpaired) electrons. The third kappa shape index (κ3) is 33.8. The zero-order valence-corrected chi connectivity index (χ0v) is 38.9. The zero-order chi connectivity index (χ0) is 39.5. The van der Waals surface area contributed by atoms with Gasteiger partial charge in [0, 0.05) is 0 Å². The van der Waals surface area contributed by atoms with Crippen LogP contribution in [0.1, 0.15) is 328 Å². The van der Waals surface area contributed by atoms with Gasteiger partial charge in [-0.1, -0.05) is 278 Å². The average Bonchev–Trinajstić information content (AvgIpc) is 3.69. The van der Waals surface area contributed by atoms with E-state index in [1.54, 1.807) is 5.82 Å². The smallest absolute Gasteiger partial charge is 0.247 e. The molecule has 0 aliphatic carbocycles. The van der Waals surface area contributed by atoms with Crippen LogP contribution in [0, 0.1) is 0 Å². The minimum absolute atomic E-state index is 0.615. The van der Waals surface area contributed by atoms with E-state index in [0.29, 0.717) is 12.0 Å². The minimum Gasteiger partial charge on any atom is -0.247 e. The standard InChI is InChI=1S/C53H104N2/c1-5-8-11-14-17-20-23-26-28-29-31-34-37-40-43-46-51(4)55-50-49-54-53(55)52(47-44-41-38-35-32-25-22-19-16-13-10-7-3)48-45-42-39-36-33-30-27-24-21-18-15-12-9-6-2/h49-52H,5-48H2,1-4H3/p+1. The number of H-pyrrole nitrogens is 1. The van der Waals surface area contributed by atoms with E-state index in [4.69, 9.17) is 0 Å². The molecule has 2 unspecified atom stereocenters. The van der Waals surface area contributed by atoms with Gasteiger partial charge in [0.1, 0.15) is 12.4 Å². The van der Waals surface area contributed by atoms with E-state index in [1.807, 2.05) is 0 Å². The van der Waals surface area contributed by atoms with Gasteiger partial charge in [0.2, 0.25) is 0 Å². The third-order valence-electron chi connectivity index (χ3n) is 13.1. The van der Waals surface area contributed by atoms with Gasteiger partial charge in [-0.2, -0.15) is 0 Å². The van der Waals surface area contributed by atoms with E-state index in [9.17, 15) is 0 Å². The molecular weight excluding hydrogens is 665 g/mol. The van der Waals surface area contributed by atoms with E-state index in [-0.39, 0.29) is 0 Å². The summed E-state index contributed by atoms with van der Waals surface area (Å²) in [4.78, 5) is 3.80. The second-order valence-corrected chi connectivity index (χ2v) is 18.6. The molecule has 2 heteroatoms. The molecule has 326 valence electrons. The molecule has 1 rings (SSSR count). The molecule has 0 saturated heterocycles. The summed E-state index contributed by atoms with van der Waals surface area (Å²) >= 11 is 0. The molecular formula is C53H105N2+. The van der Waals surface area contributed by atoms with Crippen LogP contribution in [-0.4, -0.2) is 4.98 Å². The van der Waals surface area contributed by atoms with Gasteiger partial charge in [-0.05, 0) is 32.6 Å². The summed E-state index contributed by atoms with van der Waals surface area (Å²) in [6.07, 6.45) is 68.1. The summed E-state index contributed by atoms with van der Waals surface area (Å²) in [5, 5.41) is 0. The largest absolute Gasteiger partial charge is 0.257 e. The van der Waals surface area contributed by atoms with Crippen molar-refractivity contribution in [2.24, 2.45) is 0 Å². The Hall–Kier alpha value is -0.790. The molecule has 55 heavy (non-hydrogen) atoms. The second-order valence-electron chi connectivity index (χ2n) is 18.6. The second kappa shape index (κ2) is 42.8. The predicted molar refractivity (Wildman–Crippen MR) is 249 cm³/mol. The van der Waals surface area contributed by atoms with Crippen LogP contribution in [0.25, 0.3) is 0 Å². The number of nitrogens with zero attached hydrogens (tertiary/aromatic N) is 1. The van der Waals surface area contributed by atoms with E-state index >= 15 is 0 Å². The number of rotatable bonds is 46. The van der Waals surface area contributed by atoms with E-state index in [0.717, 1.165) is 0 Å². The molecule has 0 aliphatic heterocycles. The van der Waals surface area contributed by atoms with Crippen molar-refractivity contribution >= 4 is 0 Å². The Morgan fingerprint density at radius 1 is 0.345 bits per heavy atom. The maximum atomic E-state index is 3.80. The first kappa shape index (κ1) is 52.2. The molecule has 0 aromatic carbocycles. The molecule has 2 nitrogen and oxygen atoms in total. The van der Waals surface area contributed by atoms with Gasteiger partial charge in [-0.15, -0.1) is 0 Å². The molecule has 0 aliphatic rings. The van der Waals surface area contributed by atoms with Crippen LogP contribution in [0.15, 0.2) is 12.4 Å². The number of unbranched alkanes of at least 4 members (excludes halogenated alkanes) is 38. The maximum Gasteiger partial charge on any atom is 0.257 e. The van der Waals surface area contributed by atoms with Gasteiger partial charge in [0.25, 0.3) is 5.82 Å². The third-order valence-corrected chi connectivity index (χ3v) is 13.1. The number of hydrogen-bond acceptors (Lipinski definition) is 0. The van der Waals surface area contributed by atoms with Crippen molar-refractivity contribution in [3.8, 4) is 0 Å². The fraction of sp³-hybridized carbons (Fsp3) is 0.943. The lowest BCUT2D eigenvalue weighted by Crippen LogP contribution is -2.41. The monoisotopic (exact) mass is 770 g/mol. The Balaban J connectivity index is 2.34. The summed E-state index contributed by atoms with van der Waals surface area (Å²) in [5.74, 6) is 2.25. The minimum atomic E-state index is 0.615. The van der Waals surface area contributed by atoms with Crippen LogP contribution < -0.4 is 4.57 Å². The van der Waals surface area contributed by atoms with Gasteiger partial charge in [0.05, 0.1) is 12.0 Å². The highest BCUT2D eigenvalue weighted by Crippen LogP contribution is 2.28. The first-order valence-corrected chi connectivity index (χ1v) is 26.3. The van der Waals surface area contributed by atoms with Gasteiger partial charge in [-0.25, -0.2) is 9.55 Å². The number of hydrogen-bond donors (Lipinski definition) is 1. The summed E-state index contributed by atoms with van der Waals surface area (Å²) in [7, 11) is 0. The number of nitrogens with one attached hydrogen (secondary N) is 1. The first-order valence-electron chi connectivity index (χ1n) is 26.3. The predicted octanol–water partition coefficient (Wildman–Crippen LogP) is 19.2. The Bertz CT molecular complexity index is 843. The number of aromatic amines is 1. The SMILES string of the molecule is CCCCCCCCCCCCCCCCCC(C)[n+]1cc[nH]c1C(CCCCCCCCCCCCCC)CCCCCCCCCCCCCCCC. The molecule has 1 aromatic heterocycles. The summed E-state index contributed by atoms with van der Waals surface area (Å²) in [5.41, 5.74) is 0. The molecule has 0 fully saturated rings. The molecule has 1 N–H and O–H groups in total. The van der Waals surface area contributed by atoms with Crippen molar-refractivity contribution in [1.29, 1.82) is 0 Å².